The Morgan fingerprint density at radius 3 is 2.56 bits per heavy atom. The number of nitrogens with zero attached hydrogens (tertiary/aromatic N) is 2. The predicted octanol–water partition coefficient (Wildman–Crippen LogP) is 6.54. The van der Waals surface area contributed by atoms with Gasteiger partial charge in [-0.15, -0.1) is 0 Å². The topological polar surface area (TPSA) is 79.7 Å². The second-order valence-corrected chi connectivity index (χ2v) is 9.78. The van der Waals surface area contributed by atoms with Crippen molar-refractivity contribution in [2.75, 3.05) is 11.5 Å². The van der Waals surface area contributed by atoms with Crippen LogP contribution in [0.2, 0.25) is 5.02 Å². The number of aliphatic hydroxyl groups is 1. The molecule has 36 heavy (non-hydrogen) atoms. The highest BCUT2D eigenvalue weighted by atomic mass is 35.5. The number of fused-ring (bicyclic) bond motifs is 1. The molecule has 0 saturated carbocycles. The van der Waals surface area contributed by atoms with Crippen LogP contribution in [0.3, 0.4) is 0 Å². The Labute approximate surface area is 217 Å². The highest BCUT2D eigenvalue weighted by Crippen LogP contribution is 2.44. The lowest BCUT2D eigenvalue weighted by Crippen LogP contribution is -2.29. The van der Waals surface area contributed by atoms with E-state index < -0.39 is 17.7 Å². The molecule has 0 radical (unpaired) electrons. The minimum atomic E-state index is -0.888. The molecule has 182 valence electrons. The van der Waals surface area contributed by atoms with Crippen LogP contribution in [-0.2, 0) is 16.0 Å². The predicted molar refractivity (Wildman–Crippen MR) is 143 cm³/mol. The maximum Gasteiger partial charge on any atom is 0.301 e. The molecule has 1 N–H and O–H groups in total. The summed E-state index contributed by atoms with van der Waals surface area (Å²) in [5.74, 6) is -1.15. The summed E-state index contributed by atoms with van der Waals surface area (Å²) in [6.07, 6.45) is 0.873. The number of hydrogen-bond acceptors (Lipinski definition) is 6. The molecule has 1 saturated heterocycles. The lowest BCUT2D eigenvalue weighted by Gasteiger charge is -2.23. The molecular formula is C28H23ClN2O4S. The number of ketones is 1. The number of hydrogen-bond donors (Lipinski definition) is 1. The van der Waals surface area contributed by atoms with Gasteiger partial charge in [0.1, 0.15) is 11.5 Å². The van der Waals surface area contributed by atoms with E-state index in [0.29, 0.717) is 33.6 Å². The highest BCUT2D eigenvalue weighted by Gasteiger charge is 2.48. The molecule has 3 aromatic carbocycles. The Bertz CT molecular complexity index is 1510. The molecule has 8 heteroatoms. The fourth-order valence-electron chi connectivity index (χ4n) is 4.33. The standard InChI is InChI=1S/C28H23ClN2O4S/c1-3-16-8-13-21-22(14-16)36-28(30-21)31-24(18-6-5-7-19(29)15-18)23(26(33)27(31)34)25(32)17-9-11-20(12-10-17)35-4-2/h5-15,24,32H,3-4H2,1-2H3/t24-/m1/s1. The first kappa shape index (κ1) is 24.0. The molecule has 0 aliphatic carbocycles. The van der Waals surface area contributed by atoms with Gasteiger partial charge >= 0.3 is 5.91 Å². The number of aryl methyl sites for hydroxylation is 1. The van der Waals surface area contributed by atoms with Gasteiger partial charge in [0.15, 0.2) is 5.13 Å². The van der Waals surface area contributed by atoms with Gasteiger partial charge in [0, 0.05) is 10.6 Å². The average Bonchev–Trinajstić information content (AvgIpc) is 3.42. The molecule has 0 spiro atoms. The van der Waals surface area contributed by atoms with Crippen LogP contribution in [-0.4, -0.2) is 28.4 Å². The highest BCUT2D eigenvalue weighted by molar-refractivity contribution is 7.22. The van der Waals surface area contributed by atoms with Gasteiger partial charge in [-0.1, -0.05) is 48.1 Å². The molecule has 6 nitrogen and oxygen atoms in total. The lowest BCUT2D eigenvalue weighted by atomic mass is 9.95. The van der Waals surface area contributed by atoms with E-state index in [1.54, 1.807) is 48.5 Å². The first-order chi connectivity index (χ1) is 17.4. The second kappa shape index (κ2) is 9.76. The van der Waals surface area contributed by atoms with Gasteiger partial charge in [0.05, 0.1) is 28.4 Å². The van der Waals surface area contributed by atoms with E-state index >= 15 is 0 Å². The van der Waals surface area contributed by atoms with E-state index in [2.05, 4.69) is 11.9 Å². The second-order valence-electron chi connectivity index (χ2n) is 8.33. The molecule has 4 aromatic rings. The van der Waals surface area contributed by atoms with E-state index in [4.69, 9.17) is 16.3 Å². The minimum Gasteiger partial charge on any atom is -0.507 e. The van der Waals surface area contributed by atoms with Gasteiger partial charge in [-0.05, 0) is 73.0 Å². The molecule has 1 atom stereocenters. The molecule has 1 fully saturated rings. The van der Waals surface area contributed by atoms with E-state index in [1.165, 1.54) is 16.2 Å². The third-order valence-electron chi connectivity index (χ3n) is 6.10. The van der Waals surface area contributed by atoms with Crippen LogP contribution >= 0.6 is 22.9 Å². The largest absolute Gasteiger partial charge is 0.507 e. The number of thiazole rings is 1. The summed E-state index contributed by atoms with van der Waals surface area (Å²) in [6, 6.07) is 18.8. The van der Waals surface area contributed by atoms with Crippen LogP contribution in [0.5, 0.6) is 5.75 Å². The third-order valence-corrected chi connectivity index (χ3v) is 7.36. The van der Waals surface area contributed by atoms with Crippen molar-refractivity contribution in [2.45, 2.75) is 26.3 Å². The van der Waals surface area contributed by atoms with Crippen LogP contribution in [0.25, 0.3) is 16.0 Å². The fraction of sp³-hybridized carbons (Fsp3) is 0.179. The first-order valence-electron chi connectivity index (χ1n) is 11.6. The number of aromatic nitrogens is 1. The van der Waals surface area contributed by atoms with Gasteiger partial charge in [0.25, 0.3) is 5.78 Å². The number of Topliss-reactive ketones (excluding diaryl/α,β-unsaturated/α-hetero) is 1. The molecule has 0 bridgehead atoms. The van der Waals surface area contributed by atoms with E-state index in [9.17, 15) is 14.7 Å². The normalized spacial score (nSPS) is 17.2. The van der Waals surface area contributed by atoms with E-state index in [1.807, 2.05) is 25.1 Å². The van der Waals surface area contributed by atoms with Gasteiger partial charge in [-0.25, -0.2) is 4.98 Å². The zero-order valence-electron chi connectivity index (χ0n) is 19.7. The Kier molecular flexibility index (Phi) is 6.51. The zero-order valence-corrected chi connectivity index (χ0v) is 21.3. The quantitative estimate of drug-likeness (QED) is 0.178. The number of aliphatic hydroxyl groups excluding tert-OH is 1. The number of halogens is 1. The molecule has 1 aliphatic rings. The number of anilines is 1. The molecule has 1 aromatic heterocycles. The SMILES string of the molecule is CCOc1ccc(C(O)=C2C(=O)C(=O)N(c3nc4ccc(CC)cc4s3)[C@@H]2c2cccc(Cl)c2)cc1. The van der Waals surface area contributed by atoms with Crippen molar-refractivity contribution in [1.29, 1.82) is 0 Å². The van der Waals surface area contributed by atoms with Crippen LogP contribution in [0.4, 0.5) is 5.13 Å². The van der Waals surface area contributed by atoms with E-state index in [-0.39, 0.29) is 11.3 Å². The Hall–Kier alpha value is -3.68. The molecular weight excluding hydrogens is 496 g/mol. The summed E-state index contributed by atoms with van der Waals surface area (Å²) in [5, 5.41) is 12.1. The number of carbonyl (C=O) groups excluding carboxylic acids is 2. The van der Waals surface area contributed by atoms with Gasteiger partial charge in [0.2, 0.25) is 0 Å². The maximum atomic E-state index is 13.4. The summed E-state index contributed by atoms with van der Waals surface area (Å²) >= 11 is 7.62. The van der Waals surface area contributed by atoms with Crippen LogP contribution in [0, 0.1) is 0 Å². The number of rotatable bonds is 6. The average molecular weight is 519 g/mol. The Morgan fingerprint density at radius 2 is 1.86 bits per heavy atom. The summed E-state index contributed by atoms with van der Waals surface area (Å²) in [5.41, 5.74) is 2.88. The summed E-state index contributed by atoms with van der Waals surface area (Å²) in [4.78, 5) is 32.8. The van der Waals surface area contributed by atoms with Crippen molar-refractivity contribution in [3.05, 3.63) is 94.0 Å². The Balaban J connectivity index is 1.68. The van der Waals surface area contributed by atoms with Crippen molar-refractivity contribution in [3.8, 4) is 5.75 Å². The molecule has 1 aliphatic heterocycles. The number of amides is 1. The number of benzene rings is 3. The number of carbonyl (C=O) groups is 2. The first-order valence-corrected chi connectivity index (χ1v) is 12.8. The molecule has 5 rings (SSSR count). The van der Waals surface area contributed by atoms with Gasteiger partial charge in [-0.3, -0.25) is 14.5 Å². The summed E-state index contributed by atoms with van der Waals surface area (Å²) < 4.78 is 6.40. The van der Waals surface area contributed by atoms with Crippen LogP contribution in [0.1, 0.15) is 36.6 Å². The smallest absolute Gasteiger partial charge is 0.301 e. The lowest BCUT2D eigenvalue weighted by molar-refractivity contribution is -0.132. The summed E-state index contributed by atoms with van der Waals surface area (Å²) in [7, 11) is 0. The van der Waals surface area contributed by atoms with Gasteiger partial charge < -0.3 is 9.84 Å². The van der Waals surface area contributed by atoms with Crippen molar-refractivity contribution < 1.29 is 19.4 Å². The molecule has 0 unspecified atom stereocenters. The minimum absolute atomic E-state index is 0.0140. The third kappa shape index (κ3) is 4.25. The van der Waals surface area contributed by atoms with Crippen molar-refractivity contribution in [3.63, 3.8) is 0 Å². The molecule has 1 amide bonds. The zero-order chi connectivity index (χ0) is 25.4. The van der Waals surface area contributed by atoms with Crippen molar-refractivity contribution in [2.24, 2.45) is 0 Å². The van der Waals surface area contributed by atoms with E-state index in [0.717, 1.165) is 22.2 Å². The summed E-state index contributed by atoms with van der Waals surface area (Å²) in [6.45, 7) is 4.46. The molecule has 2 heterocycles. The Morgan fingerprint density at radius 1 is 1.08 bits per heavy atom. The number of ether oxygens (including phenoxy) is 1. The van der Waals surface area contributed by atoms with Crippen LogP contribution in [0.15, 0.2) is 72.3 Å². The maximum absolute atomic E-state index is 13.4. The van der Waals surface area contributed by atoms with Gasteiger partial charge in [-0.2, -0.15) is 0 Å². The fourth-order valence-corrected chi connectivity index (χ4v) is 5.59. The monoisotopic (exact) mass is 518 g/mol. The van der Waals surface area contributed by atoms with Crippen molar-refractivity contribution >= 4 is 55.7 Å². The van der Waals surface area contributed by atoms with Crippen molar-refractivity contribution in [1.82, 2.24) is 4.98 Å². The van der Waals surface area contributed by atoms with Crippen LogP contribution < -0.4 is 9.64 Å².